The minimum absolute atomic E-state index is 0.193. The van der Waals surface area contributed by atoms with Crippen LogP contribution in [-0.2, 0) is 5.88 Å². The fourth-order valence-corrected chi connectivity index (χ4v) is 2.72. The Hall–Kier alpha value is -1.18. The molecule has 1 atom stereocenters. The first-order valence-electron chi connectivity index (χ1n) is 6.26. The number of hydrogen-bond acceptors (Lipinski definition) is 1. The molecule has 100 valence electrons. The van der Waals surface area contributed by atoms with Gasteiger partial charge in [0.1, 0.15) is 0 Å². The normalized spacial score (nSPS) is 12.2. The summed E-state index contributed by atoms with van der Waals surface area (Å²) in [6.45, 7) is 2.15. The highest BCUT2D eigenvalue weighted by Crippen LogP contribution is 2.32. The quantitative estimate of drug-likeness (QED) is 0.694. The third-order valence-electron chi connectivity index (χ3n) is 3.45. The monoisotopic (exact) mass is 293 g/mol. The molecule has 2 aromatic rings. The van der Waals surface area contributed by atoms with Crippen LogP contribution in [0.4, 0.5) is 5.69 Å². The van der Waals surface area contributed by atoms with E-state index in [9.17, 15) is 0 Å². The molecule has 0 aliphatic carbocycles. The molecule has 0 fully saturated rings. The Morgan fingerprint density at radius 3 is 2.37 bits per heavy atom. The predicted molar refractivity (Wildman–Crippen MR) is 84.3 cm³/mol. The molecule has 1 nitrogen and oxygen atoms in total. The van der Waals surface area contributed by atoms with Crippen LogP contribution in [0.5, 0.6) is 0 Å². The van der Waals surface area contributed by atoms with Gasteiger partial charge in [-0.3, -0.25) is 0 Å². The van der Waals surface area contributed by atoms with E-state index in [0.29, 0.717) is 5.88 Å². The number of alkyl halides is 1. The number of rotatable bonds is 4. The van der Waals surface area contributed by atoms with Crippen molar-refractivity contribution in [3.05, 3.63) is 64.7 Å². The first-order chi connectivity index (χ1) is 9.15. The Labute approximate surface area is 124 Å². The van der Waals surface area contributed by atoms with Crippen molar-refractivity contribution >= 4 is 28.9 Å². The van der Waals surface area contributed by atoms with Crippen molar-refractivity contribution in [2.45, 2.75) is 18.8 Å². The number of halogens is 2. The zero-order chi connectivity index (χ0) is 13.8. The third kappa shape index (κ3) is 3.05. The van der Waals surface area contributed by atoms with Crippen molar-refractivity contribution < 1.29 is 0 Å². The van der Waals surface area contributed by atoms with E-state index in [0.717, 1.165) is 21.8 Å². The average molecular weight is 294 g/mol. The van der Waals surface area contributed by atoms with Crippen molar-refractivity contribution in [3.8, 4) is 0 Å². The van der Waals surface area contributed by atoms with Gasteiger partial charge in [-0.25, -0.2) is 0 Å². The maximum Gasteiger partial charge on any atom is 0.0525 e. The molecule has 2 rings (SSSR count). The molecule has 0 aliphatic heterocycles. The number of hydrogen-bond donors (Lipinski definition) is 0. The van der Waals surface area contributed by atoms with Crippen molar-refractivity contribution in [3.63, 3.8) is 0 Å². The maximum absolute atomic E-state index is 6.27. The molecule has 19 heavy (non-hydrogen) atoms. The molecular formula is C16H17Cl2N. The van der Waals surface area contributed by atoms with Crippen LogP contribution in [0, 0.1) is 0 Å². The van der Waals surface area contributed by atoms with Crippen LogP contribution in [0.15, 0.2) is 48.5 Å². The lowest BCUT2D eigenvalue weighted by atomic mass is 10.1. The van der Waals surface area contributed by atoms with Gasteiger partial charge in [-0.15, -0.1) is 11.6 Å². The summed E-state index contributed by atoms with van der Waals surface area (Å²) in [6, 6.07) is 16.3. The van der Waals surface area contributed by atoms with Crippen molar-refractivity contribution in [2.24, 2.45) is 0 Å². The van der Waals surface area contributed by atoms with Gasteiger partial charge in [-0.1, -0.05) is 48.0 Å². The lowest BCUT2D eigenvalue weighted by molar-refractivity contribution is 0.737. The van der Waals surface area contributed by atoms with E-state index in [1.807, 2.05) is 30.3 Å². The fraction of sp³-hybridized carbons (Fsp3) is 0.250. The van der Waals surface area contributed by atoms with E-state index >= 15 is 0 Å². The molecule has 1 unspecified atom stereocenters. The van der Waals surface area contributed by atoms with Gasteiger partial charge < -0.3 is 4.90 Å². The summed E-state index contributed by atoms with van der Waals surface area (Å²) in [6.07, 6.45) is 0. The first-order valence-corrected chi connectivity index (χ1v) is 7.17. The number of nitrogens with zero attached hydrogens (tertiary/aromatic N) is 1. The minimum Gasteiger partial charge on any atom is -0.368 e. The summed E-state index contributed by atoms with van der Waals surface area (Å²) in [5.74, 6) is 0.510. The Bertz CT molecular complexity index is 554. The summed E-state index contributed by atoms with van der Waals surface area (Å²) in [7, 11) is 2.07. The van der Waals surface area contributed by atoms with E-state index in [1.54, 1.807) is 0 Å². The Morgan fingerprint density at radius 1 is 1.05 bits per heavy atom. The highest BCUT2D eigenvalue weighted by Gasteiger charge is 2.16. The van der Waals surface area contributed by atoms with E-state index in [4.69, 9.17) is 23.2 Å². The molecule has 0 bridgehead atoms. The second-order valence-corrected chi connectivity index (χ2v) is 5.25. The first kappa shape index (κ1) is 14.2. The van der Waals surface area contributed by atoms with E-state index in [1.165, 1.54) is 0 Å². The minimum atomic E-state index is 0.193. The van der Waals surface area contributed by atoms with E-state index in [2.05, 4.69) is 37.1 Å². The number of anilines is 1. The average Bonchev–Trinajstić information content (AvgIpc) is 2.46. The van der Waals surface area contributed by atoms with Gasteiger partial charge >= 0.3 is 0 Å². The molecule has 0 aromatic heterocycles. The Kier molecular flexibility index (Phi) is 4.73. The number of para-hydroxylation sites is 1. The summed E-state index contributed by atoms with van der Waals surface area (Å²) in [4.78, 5) is 2.21. The van der Waals surface area contributed by atoms with Crippen LogP contribution < -0.4 is 4.90 Å². The van der Waals surface area contributed by atoms with Crippen molar-refractivity contribution in [1.29, 1.82) is 0 Å². The van der Waals surface area contributed by atoms with Crippen molar-refractivity contribution in [2.75, 3.05) is 11.9 Å². The van der Waals surface area contributed by atoms with Gasteiger partial charge in [0.05, 0.1) is 6.04 Å². The van der Waals surface area contributed by atoms with Crippen molar-refractivity contribution in [1.82, 2.24) is 0 Å². The van der Waals surface area contributed by atoms with E-state index < -0.39 is 0 Å². The van der Waals surface area contributed by atoms with Crippen LogP contribution in [-0.4, -0.2) is 7.05 Å². The molecular weight excluding hydrogens is 277 g/mol. The SMILES string of the molecule is CC(c1ccccc1Cl)N(C)c1ccccc1CCl. The predicted octanol–water partition coefficient (Wildman–Crippen LogP) is 5.28. The lowest BCUT2D eigenvalue weighted by Crippen LogP contribution is -2.22. The fourth-order valence-electron chi connectivity index (χ4n) is 2.20. The molecule has 0 radical (unpaired) electrons. The Balaban J connectivity index is 2.34. The zero-order valence-corrected chi connectivity index (χ0v) is 12.6. The topological polar surface area (TPSA) is 3.24 Å². The molecule has 0 spiro atoms. The Morgan fingerprint density at radius 2 is 1.68 bits per heavy atom. The summed E-state index contributed by atoms with van der Waals surface area (Å²) in [5.41, 5.74) is 3.39. The molecule has 3 heteroatoms. The summed E-state index contributed by atoms with van der Waals surface area (Å²) < 4.78 is 0. The van der Waals surface area contributed by atoms with Gasteiger partial charge in [-0.05, 0) is 30.2 Å². The second-order valence-electron chi connectivity index (χ2n) is 4.57. The van der Waals surface area contributed by atoms with Crippen LogP contribution in [0.2, 0.25) is 5.02 Å². The maximum atomic E-state index is 6.27. The lowest BCUT2D eigenvalue weighted by Gasteiger charge is -2.29. The largest absolute Gasteiger partial charge is 0.368 e. The van der Waals surface area contributed by atoms with E-state index in [-0.39, 0.29) is 6.04 Å². The highest BCUT2D eigenvalue weighted by molar-refractivity contribution is 6.31. The van der Waals surface area contributed by atoms with Gasteiger partial charge in [-0.2, -0.15) is 0 Å². The highest BCUT2D eigenvalue weighted by atomic mass is 35.5. The molecule has 0 aliphatic rings. The zero-order valence-electron chi connectivity index (χ0n) is 11.1. The van der Waals surface area contributed by atoms with Crippen LogP contribution in [0.1, 0.15) is 24.1 Å². The van der Waals surface area contributed by atoms with Gasteiger partial charge in [0, 0.05) is 23.6 Å². The molecule has 0 N–H and O–H groups in total. The van der Waals surface area contributed by atoms with Crippen LogP contribution in [0.3, 0.4) is 0 Å². The van der Waals surface area contributed by atoms with Gasteiger partial charge in [0.2, 0.25) is 0 Å². The smallest absolute Gasteiger partial charge is 0.0525 e. The van der Waals surface area contributed by atoms with Gasteiger partial charge in [0.15, 0.2) is 0 Å². The standard InChI is InChI=1S/C16H17Cl2N/c1-12(14-8-4-5-9-15(14)18)19(2)16-10-6-3-7-13(16)11-17/h3-10,12H,11H2,1-2H3. The van der Waals surface area contributed by atoms with Crippen LogP contribution >= 0.6 is 23.2 Å². The molecule has 0 saturated carbocycles. The summed E-state index contributed by atoms with van der Waals surface area (Å²) in [5, 5.41) is 0.796. The summed E-state index contributed by atoms with van der Waals surface area (Å²) >= 11 is 12.3. The number of benzene rings is 2. The van der Waals surface area contributed by atoms with Gasteiger partial charge in [0.25, 0.3) is 0 Å². The molecule has 0 heterocycles. The molecule has 2 aromatic carbocycles. The van der Waals surface area contributed by atoms with Crippen LogP contribution in [0.25, 0.3) is 0 Å². The third-order valence-corrected chi connectivity index (χ3v) is 4.08. The second kappa shape index (κ2) is 6.31. The molecule has 0 amide bonds. The molecule has 0 saturated heterocycles.